The maximum Gasteiger partial charge on any atom is 0.246 e. The molecule has 3 heteroatoms. The minimum absolute atomic E-state index is 0.0427. The van der Waals surface area contributed by atoms with Gasteiger partial charge >= 0.3 is 0 Å². The normalized spacial score (nSPS) is 17.1. The van der Waals surface area contributed by atoms with E-state index in [0.29, 0.717) is 0 Å². The minimum Gasteiger partial charge on any atom is -0.375 e. The Morgan fingerprint density at radius 2 is 2.07 bits per heavy atom. The van der Waals surface area contributed by atoms with Gasteiger partial charge in [-0.25, -0.2) is 0 Å². The summed E-state index contributed by atoms with van der Waals surface area (Å²) >= 11 is 0. The Morgan fingerprint density at radius 3 is 2.60 bits per heavy atom. The van der Waals surface area contributed by atoms with Crippen molar-refractivity contribution in [3.05, 3.63) is 35.9 Å². The minimum atomic E-state index is -0.114. The van der Waals surface area contributed by atoms with Crippen LogP contribution in [0.25, 0.3) is 0 Å². The molecule has 0 heterocycles. The van der Waals surface area contributed by atoms with Crippen molar-refractivity contribution in [1.82, 2.24) is 5.32 Å². The first kappa shape index (κ1) is 10.2. The number of amides is 1. The summed E-state index contributed by atoms with van der Waals surface area (Å²) < 4.78 is 4.80. The number of ether oxygens (including phenoxy) is 1. The highest BCUT2D eigenvalue weighted by atomic mass is 16.5. The van der Waals surface area contributed by atoms with Gasteiger partial charge in [0, 0.05) is 7.11 Å². The van der Waals surface area contributed by atoms with Crippen LogP contribution in [0.3, 0.4) is 0 Å². The fourth-order valence-electron chi connectivity index (χ4n) is 1.80. The van der Waals surface area contributed by atoms with E-state index in [1.54, 1.807) is 0 Å². The lowest BCUT2D eigenvalue weighted by atomic mass is 10.1. The molecule has 0 aliphatic heterocycles. The van der Waals surface area contributed by atoms with E-state index >= 15 is 0 Å². The Kier molecular flexibility index (Phi) is 2.73. The molecule has 1 saturated carbocycles. The molecule has 0 bridgehead atoms. The predicted octanol–water partition coefficient (Wildman–Crippen LogP) is 1.44. The van der Waals surface area contributed by atoms with Crippen LogP contribution in [0.15, 0.2) is 30.3 Å². The lowest BCUT2D eigenvalue weighted by molar-refractivity contribution is -0.125. The second-order valence-corrected chi connectivity index (χ2v) is 3.93. The Morgan fingerprint density at radius 1 is 1.40 bits per heavy atom. The van der Waals surface area contributed by atoms with Gasteiger partial charge in [0.1, 0.15) is 6.61 Å². The van der Waals surface area contributed by atoms with E-state index in [9.17, 15) is 4.79 Å². The number of rotatable bonds is 4. The summed E-state index contributed by atoms with van der Waals surface area (Å²) in [7, 11) is 1.53. The zero-order chi connectivity index (χ0) is 10.7. The van der Waals surface area contributed by atoms with Crippen molar-refractivity contribution in [2.45, 2.75) is 18.4 Å². The van der Waals surface area contributed by atoms with Crippen LogP contribution in [-0.2, 0) is 15.1 Å². The Labute approximate surface area is 89.4 Å². The Balaban J connectivity index is 2.05. The van der Waals surface area contributed by atoms with Crippen molar-refractivity contribution in [2.75, 3.05) is 13.7 Å². The second kappa shape index (κ2) is 4.03. The molecule has 0 aromatic heterocycles. The molecule has 0 atom stereocenters. The maximum atomic E-state index is 11.4. The van der Waals surface area contributed by atoms with Crippen molar-refractivity contribution < 1.29 is 9.53 Å². The number of benzene rings is 1. The second-order valence-electron chi connectivity index (χ2n) is 3.93. The molecule has 2 rings (SSSR count). The first-order valence-electron chi connectivity index (χ1n) is 5.12. The van der Waals surface area contributed by atoms with Crippen LogP contribution in [0, 0.1) is 0 Å². The standard InChI is InChI=1S/C12H15NO2/c1-15-9-11(14)13-12(7-8-12)10-5-3-2-4-6-10/h2-6H,7-9H2,1H3,(H,13,14). The van der Waals surface area contributed by atoms with Gasteiger partial charge < -0.3 is 10.1 Å². The van der Waals surface area contributed by atoms with Crippen LogP contribution in [0.4, 0.5) is 0 Å². The van der Waals surface area contributed by atoms with E-state index in [1.165, 1.54) is 12.7 Å². The van der Waals surface area contributed by atoms with E-state index in [1.807, 2.05) is 18.2 Å². The van der Waals surface area contributed by atoms with E-state index in [2.05, 4.69) is 17.4 Å². The summed E-state index contributed by atoms with van der Waals surface area (Å²) in [6.45, 7) is 0.134. The first-order chi connectivity index (χ1) is 7.27. The molecule has 1 fully saturated rings. The van der Waals surface area contributed by atoms with Crippen LogP contribution in [-0.4, -0.2) is 19.6 Å². The number of carbonyl (C=O) groups excluding carboxylic acids is 1. The summed E-state index contributed by atoms with van der Waals surface area (Å²) in [6, 6.07) is 10.1. The third-order valence-corrected chi connectivity index (χ3v) is 2.73. The summed E-state index contributed by atoms with van der Waals surface area (Å²) in [5, 5.41) is 3.02. The molecule has 1 aliphatic rings. The monoisotopic (exact) mass is 205 g/mol. The number of nitrogens with one attached hydrogen (secondary N) is 1. The quantitative estimate of drug-likeness (QED) is 0.807. The molecule has 1 aliphatic carbocycles. The first-order valence-corrected chi connectivity index (χ1v) is 5.12. The van der Waals surface area contributed by atoms with Gasteiger partial charge in [0.2, 0.25) is 5.91 Å². The van der Waals surface area contributed by atoms with Gasteiger partial charge in [-0.1, -0.05) is 30.3 Å². The van der Waals surface area contributed by atoms with Crippen molar-refractivity contribution in [3.63, 3.8) is 0 Å². The van der Waals surface area contributed by atoms with Crippen LogP contribution < -0.4 is 5.32 Å². The van der Waals surface area contributed by atoms with Gasteiger partial charge in [-0.3, -0.25) is 4.79 Å². The highest BCUT2D eigenvalue weighted by Gasteiger charge is 2.45. The number of hydrogen-bond donors (Lipinski definition) is 1. The molecular weight excluding hydrogens is 190 g/mol. The molecule has 15 heavy (non-hydrogen) atoms. The molecule has 0 saturated heterocycles. The molecule has 0 spiro atoms. The summed E-state index contributed by atoms with van der Waals surface area (Å²) in [5.74, 6) is -0.0427. The number of methoxy groups -OCH3 is 1. The van der Waals surface area contributed by atoms with Gasteiger partial charge in [0.15, 0.2) is 0 Å². The molecule has 1 amide bonds. The summed E-state index contributed by atoms with van der Waals surface area (Å²) in [4.78, 5) is 11.4. The lowest BCUT2D eigenvalue weighted by Gasteiger charge is -2.17. The number of hydrogen-bond acceptors (Lipinski definition) is 2. The van der Waals surface area contributed by atoms with Crippen LogP contribution in [0.2, 0.25) is 0 Å². The molecule has 1 aromatic rings. The lowest BCUT2D eigenvalue weighted by Crippen LogP contribution is -2.37. The van der Waals surface area contributed by atoms with E-state index in [0.717, 1.165) is 12.8 Å². The molecule has 80 valence electrons. The van der Waals surface area contributed by atoms with Crippen molar-refractivity contribution >= 4 is 5.91 Å². The molecule has 3 nitrogen and oxygen atoms in total. The van der Waals surface area contributed by atoms with Gasteiger partial charge in [0.25, 0.3) is 0 Å². The number of carbonyl (C=O) groups is 1. The van der Waals surface area contributed by atoms with Crippen LogP contribution in [0.1, 0.15) is 18.4 Å². The zero-order valence-electron chi connectivity index (χ0n) is 8.82. The average Bonchev–Trinajstić information content (AvgIpc) is 3.01. The Hall–Kier alpha value is -1.35. The molecule has 1 N–H and O–H groups in total. The van der Waals surface area contributed by atoms with Crippen LogP contribution >= 0.6 is 0 Å². The molecule has 1 aromatic carbocycles. The highest BCUT2D eigenvalue weighted by Crippen LogP contribution is 2.45. The molecule has 0 radical (unpaired) electrons. The fourth-order valence-corrected chi connectivity index (χ4v) is 1.80. The zero-order valence-corrected chi connectivity index (χ0v) is 8.82. The maximum absolute atomic E-state index is 11.4. The highest BCUT2D eigenvalue weighted by molar-refractivity contribution is 5.78. The molecular formula is C12H15NO2. The summed E-state index contributed by atoms with van der Waals surface area (Å²) in [6.07, 6.45) is 2.04. The smallest absolute Gasteiger partial charge is 0.246 e. The SMILES string of the molecule is COCC(=O)NC1(c2ccccc2)CC1. The third-order valence-electron chi connectivity index (χ3n) is 2.73. The average molecular weight is 205 g/mol. The third kappa shape index (κ3) is 2.18. The predicted molar refractivity (Wildman–Crippen MR) is 57.4 cm³/mol. The van der Waals surface area contributed by atoms with Gasteiger partial charge in [0.05, 0.1) is 5.54 Å². The topological polar surface area (TPSA) is 38.3 Å². The largest absolute Gasteiger partial charge is 0.375 e. The van der Waals surface area contributed by atoms with E-state index in [-0.39, 0.29) is 18.1 Å². The van der Waals surface area contributed by atoms with E-state index in [4.69, 9.17) is 4.74 Å². The van der Waals surface area contributed by atoms with E-state index < -0.39 is 0 Å². The van der Waals surface area contributed by atoms with Crippen molar-refractivity contribution in [3.8, 4) is 0 Å². The van der Waals surface area contributed by atoms with Crippen molar-refractivity contribution in [2.24, 2.45) is 0 Å². The van der Waals surface area contributed by atoms with Gasteiger partial charge in [-0.05, 0) is 18.4 Å². The van der Waals surface area contributed by atoms with Gasteiger partial charge in [-0.15, -0.1) is 0 Å². The molecule has 0 unspecified atom stereocenters. The fraction of sp³-hybridized carbons (Fsp3) is 0.417. The van der Waals surface area contributed by atoms with Gasteiger partial charge in [-0.2, -0.15) is 0 Å². The van der Waals surface area contributed by atoms with Crippen molar-refractivity contribution in [1.29, 1.82) is 0 Å². The Bertz CT molecular complexity index is 344. The van der Waals surface area contributed by atoms with Crippen LogP contribution in [0.5, 0.6) is 0 Å². The summed E-state index contributed by atoms with van der Waals surface area (Å²) in [5.41, 5.74) is 1.08.